The van der Waals surface area contributed by atoms with Crippen LogP contribution in [0.4, 0.5) is 11.4 Å². The van der Waals surface area contributed by atoms with Crippen LogP contribution in [0.1, 0.15) is 5.56 Å². The summed E-state index contributed by atoms with van der Waals surface area (Å²) in [4.78, 5) is 14.5. The molecule has 3 rings (SSSR count). The predicted octanol–water partition coefficient (Wildman–Crippen LogP) is 1.50. The lowest BCUT2D eigenvalue weighted by molar-refractivity contribution is -0.914. The maximum atomic E-state index is 11.1. The number of nitrogens with one attached hydrogen (secondary N) is 1. The number of anilines is 1. The Balaban J connectivity index is 1.64. The summed E-state index contributed by atoms with van der Waals surface area (Å²) in [5.41, 5.74) is 2.29. The second kappa shape index (κ2) is 6.58. The van der Waals surface area contributed by atoms with Crippen LogP contribution in [0.5, 0.6) is 0 Å². The molecule has 1 aliphatic heterocycles. The maximum absolute atomic E-state index is 11.1. The first kappa shape index (κ1) is 14.5. The molecule has 2 aromatic rings. The zero-order chi connectivity index (χ0) is 15.4. The Morgan fingerprint density at radius 2 is 1.64 bits per heavy atom. The van der Waals surface area contributed by atoms with Gasteiger partial charge in [0.2, 0.25) is 0 Å². The summed E-state index contributed by atoms with van der Waals surface area (Å²) >= 11 is 0. The first-order valence-corrected chi connectivity index (χ1v) is 7.60. The smallest absolute Gasteiger partial charge is 0.292 e. The van der Waals surface area contributed by atoms with Gasteiger partial charge in [0, 0.05) is 11.6 Å². The van der Waals surface area contributed by atoms with Gasteiger partial charge in [0.05, 0.1) is 31.1 Å². The van der Waals surface area contributed by atoms with Crippen molar-refractivity contribution in [3.05, 3.63) is 70.3 Å². The fourth-order valence-corrected chi connectivity index (χ4v) is 3.01. The molecule has 0 unspecified atom stereocenters. The quantitative estimate of drug-likeness (QED) is 0.687. The Labute approximate surface area is 129 Å². The van der Waals surface area contributed by atoms with Gasteiger partial charge < -0.3 is 9.80 Å². The predicted molar refractivity (Wildman–Crippen MR) is 86.2 cm³/mol. The van der Waals surface area contributed by atoms with Crippen molar-refractivity contribution in [1.29, 1.82) is 0 Å². The van der Waals surface area contributed by atoms with Crippen molar-refractivity contribution in [3.8, 4) is 0 Å². The molecule has 1 aliphatic rings. The number of hydrogen-bond acceptors (Lipinski definition) is 3. The summed E-state index contributed by atoms with van der Waals surface area (Å²) in [5.74, 6) is 0. The number of nitro groups is 1. The van der Waals surface area contributed by atoms with Crippen LogP contribution in [0.3, 0.4) is 0 Å². The minimum atomic E-state index is -0.293. The maximum Gasteiger partial charge on any atom is 0.292 e. The van der Waals surface area contributed by atoms with Crippen LogP contribution in [-0.4, -0.2) is 31.1 Å². The van der Waals surface area contributed by atoms with Crippen molar-refractivity contribution in [1.82, 2.24) is 0 Å². The highest BCUT2D eigenvalue weighted by Gasteiger charge is 2.25. The Morgan fingerprint density at radius 1 is 1.00 bits per heavy atom. The fourth-order valence-electron chi connectivity index (χ4n) is 3.01. The molecule has 1 N–H and O–H groups in total. The number of quaternary nitrogens is 1. The van der Waals surface area contributed by atoms with Gasteiger partial charge in [0.25, 0.3) is 5.69 Å². The van der Waals surface area contributed by atoms with Gasteiger partial charge in [-0.3, -0.25) is 10.1 Å². The molecule has 0 atom stereocenters. The molecule has 2 aromatic carbocycles. The summed E-state index contributed by atoms with van der Waals surface area (Å²) in [6.07, 6.45) is 0. The van der Waals surface area contributed by atoms with E-state index >= 15 is 0 Å². The lowest BCUT2D eigenvalue weighted by Crippen LogP contribution is -3.13. The standard InChI is InChI=1S/C17H19N3O2/c21-20(22)17-9-5-4-8-16(17)19-12-10-18(11-13-19)14-15-6-2-1-3-7-15/h1-9H,10-14H2/p+1. The van der Waals surface area contributed by atoms with Crippen LogP contribution < -0.4 is 9.80 Å². The lowest BCUT2D eigenvalue weighted by Gasteiger charge is -2.33. The van der Waals surface area contributed by atoms with E-state index in [2.05, 4.69) is 29.2 Å². The van der Waals surface area contributed by atoms with Gasteiger partial charge in [0.15, 0.2) is 0 Å². The highest BCUT2D eigenvalue weighted by molar-refractivity contribution is 5.63. The molecule has 1 saturated heterocycles. The first-order valence-electron chi connectivity index (χ1n) is 7.60. The zero-order valence-corrected chi connectivity index (χ0v) is 12.4. The Bertz CT molecular complexity index is 637. The number of nitro benzene ring substituents is 1. The van der Waals surface area contributed by atoms with Crippen molar-refractivity contribution < 1.29 is 9.82 Å². The number of hydrogen-bond donors (Lipinski definition) is 1. The van der Waals surface area contributed by atoms with Crippen LogP contribution in [0.2, 0.25) is 0 Å². The number of nitrogens with zero attached hydrogens (tertiary/aromatic N) is 2. The highest BCUT2D eigenvalue weighted by atomic mass is 16.6. The van der Waals surface area contributed by atoms with Crippen LogP contribution in [0, 0.1) is 10.1 Å². The molecule has 0 aromatic heterocycles. The third kappa shape index (κ3) is 3.26. The van der Waals surface area contributed by atoms with Crippen molar-refractivity contribution in [2.75, 3.05) is 31.1 Å². The van der Waals surface area contributed by atoms with Gasteiger partial charge in [-0.25, -0.2) is 0 Å². The summed E-state index contributed by atoms with van der Waals surface area (Å²) in [7, 11) is 0. The number of para-hydroxylation sites is 2. The molecule has 22 heavy (non-hydrogen) atoms. The average Bonchev–Trinajstić information content (AvgIpc) is 2.56. The molecule has 5 nitrogen and oxygen atoms in total. The first-order chi connectivity index (χ1) is 10.7. The van der Waals surface area contributed by atoms with Gasteiger partial charge >= 0.3 is 0 Å². The van der Waals surface area contributed by atoms with Crippen LogP contribution >= 0.6 is 0 Å². The SMILES string of the molecule is O=[N+]([O-])c1ccccc1N1CC[NH+](Cc2ccccc2)CC1. The summed E-state index contributed by atoms with van der Waals surface area (Å²) in [6.45, 7) is 4.73. The molecular weight excluding hydrogens is 278 g/mol. The fraction of sp³-hybridized carbons (Fsp3) is 0.294. The van der Waals surface area contributed by atoms with Gasteiger partial charge in [-0.2, -0.15) is 0 Å². The molecule has 0 aliphatic carbocycles. The van der Waals surface area contributed by atoms with E-state index in [9.17, 15) is 10.1 Å². The van der Waals surface area contributed by atoms with E-state index < -0.39 is 0 Å². The van der Waals surface area contributed by atoms with E-state index in [1.165, 1.54) is 10.5 Å². The molecule has 0 saturated carbocycles. The Kier molecular flexibility index (Phi) is 4.34. The molecule has 0 radical (unpaired) electrons. The van der Waals surface area contributed by atoms with Crippen molar-refractivity contribution in [2.45, 2.75) is 6.54 Å². The molecule has 5 heteroatoms. The summed E-state index contributed by atoms with van der Waals surface area (Å²) in [5, 5.41) is 11.1. The third-order valence-corrected chi connectivity index (χ3v) is 4.19. The van der Waals surface area contributed by atoms with Crippen LogP contribution in [-0.2, 0) is 6.54 Å². The molecule has 0 bridgehead atoms. The molecule has 0 amide bonds. The topological polar surface area (TPSA) is 50.8 Å². The molecule has 1 fully saturated rings. The van der Waals surface area contributed by atoms with E-state index in [4.69, 9.17) is 0 Å². The number of rotatable bonds is 4. The van der Waals surface area contributed by atoms with E-state index in [1.807, 2.05) is 18.2 Å². The van der Waals surface area contributed by atoms with Crippen molar-refractivity contribution in [3.63, 3.8) is 0 Å². The van der Waals surface area contributed by atoms with Crippen LogP contribution in [0.15, 0.2) is 54.6 Å². The second-order valence-electron chi connectivity index (χ2n) is 5.65. The Morgan fingerprint density at radius 3 is 2.32 bits per heavy atom. The van der Waals surface area contributed by atoms with Gasteiger partial charge in [-0.05, 0) is 6.07 Å². The lowest BCUT2D eigenvalue weighted by atomic mass is 10.2. The molecule has 114 valence electrons. The van der Waals surface area contributed by atoms with Crippen LogP contribution in [0.25, 0.3) is 0 Å². The zero-order valence-electron chi connectivity index (χ0n) is 12.4. The molecule has 0 spiro atoms. The minimum Gasteiger partial charge on any atom is -0.355 e. The Hall–Kier alpha value is -2.40. The third-order valence-electron chi connectivity index (χ3n) is 4.19. The van der Waals surface area contributed by atoms with E-state index in [0.29, 0.717) is 0 Å². The normalized spacial score (nSPS) is 15.7. The number of benzene rings is 2. The van der Waals surface area contributed by atoms with Crippen molar-refractivity contribution >= 4 is 11.4 Å². The molecule has 1 heterocycles. The number of piperazine rings is 1. The highest BCUT2D eigenvalue weighted by Crippen LogP contribution is 2.27. The van der Waals surface area contributed by atoms with E-state index in [0.717, 1.165) is 38.4 Å². The minimum absolute atomic E-state index is 0.203. The van der Waals surface area contributed by atoms with Gasteiger partial charge in [0.1, 0.15) is 12.2 Å². The molecular formula is C17H20N3O2+. The summed E-state index contributed by atoms with van der Waals surface area (Å²) in [6, 6.07) is 17.5. The largest absolute Gasteiger partial charge is 0.355 e. The van der Waals surface area contributed by atoms with Gasteiger partial charge in [-0.15, -0.1) is 0 Å². The van der Waals surface area contributed by atoms with E-state index in [1.54, 1.807) is 12.1 Å². The average molecular weight is 298 g/mol. The van der Waals surface area contributed by atoms with Gasteiger partial charge in [-0.1, -0.05) is 42.5 Å². The van der Waals surface area contributed by atoms with E-state index in [-0.39, 0.29) is 10.6 Å². The summed E-state index contributed by atoms with van der Waals surface area (Å²) < 4.78 is 0. The second-order valence-corrected chi connectivity index (χ2v) is 5.65. The monoisotopic (exact) mass is 298 g/mol. The van der Waals surface area contributed by atoms with Crippen molar-refractivity contribution in [2.24, 2.45) is 0 Å².